The molecule has 0 aromatic heterocycles. The van der Waals surface area contributed by atoms with Gasteiger partial charge in [0.1, 0.15) is 12.0 Å². The highest BCUT2D eigenvalue weighted by molar-refractivity contribution is 9.10. The third-order valence-electron chi connectivity index (χ3n) is 2.27. The topological polar surface area (TPSA) is 90.7 Å². The van der Waals surface area contributed by atoms with Crippen LogP contribution in [0.4, 0.5) is 11.4 Å². The van der Waals surface area contributed by atoms with E-state index in [1.54, 1.807) is 26.0 Å². The number of nitrogens with one attached hydrogen (secondary N) is 1. The van der Waals surface area contributed by atoms with Crippen molar-refractivity contribution >= 4 is 34.9 Å². The van der Waals surface area contributed by atoms with E-state index in [-0.39, 0.29) is 30.9 Å². The highest BCUT2D eigenvalue weighted by atomic mass is 79.9. The van der Waals surface area contributed by atoms with Gasteiger partial charge in [-0.3, -0.25) is 14.7 Å². The van der Waals surface area contributed by atoms with Gasteiger partial charge >= 0.3 is 7.60 Å². The molecule has 112 valence electrons. The van der Waals surface area contributed by atoms with Crippen LogP contribution in [-0.2, 0) is 13.6 Å². The van der Waals surface area contributed by atoms with Gasteiger partial charge in [0.2, 0.25) is 0 Å². The third-order valence-corrected chi connectivity index (χ3v) is 4.61. The van der Waals surface area contributed by atoms with Gasteiger partial charge in [-0.1, -0.05) is 15.9 Å². The molecule has 0 aliphatic heterocycles. The van der Waals surface area contributed by atoms with Crippen molar-refractivity contribution in [1.82, 2.24) is 0 Å². The first-order chi connectivity index (χ1) is 9.41. The Balaban J connectivity index is 2.90. The van der Waals surface area contributed by atoms with Gasteiger partial charge in [-0.15, -0.1) is 0 Å². The van der Waals surface area contributed by atoms with Crippen molar-refractivity contribution in [3.63, 3.8) is 0 Å². The largest absolute Gasteiger partial charge is 0.368 e. The molecule has 1 aromatic rings. The lowest BCUT2D eigenvalue weighted by Crippen LogP contribution is -2.09. The molecule has 0 saturated carbocycles. The fourth-order valence-corrected chi connectivity index (χ4v) is 3.28. The van der Waals surface area contributed by atoms with Crippen molar-refractivity contribution in [2.75, 3.05) is 24.8 Å². The first-order valence-electron chi connectivity index (χ1n) is 5.97. The second-order valence-corrected chi connectivity index (χ2v) is 6.67. The normalized spacial score (nSPS) is 11.3. The lowest BCUT2D eigenvalue weighted by molar-refractivity contribution is -0.384. The van der Waals surface area contributed by atoms with E-state index in [1.165, 1.54) is 6.07 Å². The van der Waals surface area contributed by atoms with E-state index < -0.39 is 12.5 Å². The van der Waals surface area contributed by atoms with Crippen LogP contribution in [0.15, 0.2) is 22.7 Å². The van der Waals surface area contributed by atoms with Crippen molar-refractivity contribution in [2.45, 2.75) is 13.8 Å². The predicted molar refractivity (Wildman–Crippen MR) is 80.1 cm³/mol. The molecule has 0 unspecified atom stereocenters. The van der Waals surface area contributed by atoms with Crippen molar-refractivity contribution in [2.24, 2.45) is 0 Å². The number of hydrogen-bond acceptors (Lipinski definition) is 6. The zero-order valence-corrected chi connectivity index (χ0v) is 13.6. The summed E-state index contributed by atoms with van der Waals surface area (Å²) in [5, 5.41) is 13.7. The van der Waals surface area contributed by atoms with Crippen molar-refractivity contribution in [3.8, 4) is 0 Å². The van der Waals surface area contributed by atoms with Crippen LogP contribution < -0.4 is 5.32 Å². The Bertz CT molecular complexity index is 516. The Morgan fingerprint density at radius 1 is 1.35 bits per heavy atom. The molecule has 0 atom stereocenters. The van der Waals surface area contributed by atoms with Gasteiger partial charge < -0.3 is 14.4 Å². The zero-order valence-electron chi connectivity index (χ0n) is 11.2. The molecular weight excluding hydrogens is 351 g/mol. The van der Waals surface area contributed by atoms with Gasteiger partial charge in [0, 0.05) is 10.5 Å². The quantitative estimate of drug-likeness (QED) is 0.424. The van der Waals surface area contributed by atoms with Gasteiger partial charge in [0.25, 0.3) is 5.69 Å². The number of hydrogen-bond donors (Lipinski definition) is 1. The Morgan fingerprint density at radius 2 is 1.95 bits per heavy atom. The predicted octanol–water partition coefficient (Wildman–Crippen LogP) is 3.99. The number of nitrogens with zero attached hydrogens (tertiary/aromatic N) is 1. The van der Waals surface area contributed by atoms with Crippen molar-refractivity contribution < 1.29 is 18.5 Å². The minimum absolute atomic E-state index is 0.104. The van der Waals surface area contributed by atoms with Gasteiger partial charge in [-0.05, 0) is 26.0 Å². The molecular formula is C11H16BrN2O5P. The molecule has 1 rings (SSSR count). The SMILES string of the molecule is CCOP(=O)(CNc1cc(Br)ccc1[N+](=O)[O-])OCC. The molecule has 9 heteroatoms. The fraction of sp³-hybridized carbons (Fsp3) is 0.455. The molecule has 1 aromatic carbocycles. The van der Waals surface area contributed by atoms with Gasteiger partial charge in [0.15, 0.2) is 0 Å². The molecule has 0 aliphatic rings. The summed E-state index contributed by atoms with van der Waals surface area (Å²) < 4.78 is 23.2. The maximum atomic E-state index is 12.3. The van der Waals surface area contributed by atoms with Crippen LogP contribution in [0.5, 0.6) is 0 Å². The summed E-state index contributed by atoms with van der Waals surface area (Å²) in [5.41, 5.74) is 0.150. The van der Waals surface area contributed by atoms with Crippen LogP contribution in [0, 0.1) is 10.1 Å². The van der Waals surface area contributed by atoms with Crippen LogP contribution in [0.1, 0.15) is 13.8 Å². The summed E-state index contributed by atoms with van der Waals surface area (Å²) in [4.78, 5) is 10.4. The molecule has 0 saturated heterocycles. The van der Waals surface area contributed by atoms with Crippen LogP contribution in [0.25, 0.3) is 0 Å². The maximum absolute atomic E-state index is 12.3. The molecule has 1 N–H and O–H groups in total. The van der Waals surface area contributed by atoms with Crippen LogP contribution >= 0.6 is 23.5 Å². The maximum Gasteiger partial charge on any atom is 0.349 e. The van der Waals surface area contributed by atoms with E-state index in [2.05, 4.69) is 21.2 Å². The summed E-state index contributed by atoms with van der Waals surface area (Å²) in [6.45, 7) is 3.87. The lowest BCUT2D eigenvalue weighted by atomic mass is 10.3. The van der Waals surface area contributed by atoms with Crippen molar-refractivity contribution in [3.05, 3.63) is 32.8 Å². The Labute approximate surface area is 125 Å². The van der Waals surface area contributed by atoms with E-state index in [1.807, 2.05) is 0 Å². The van der Waals surface area contributed by atoms with E-state index in [9.17, 15) is 14.7 Å². The number of rotatable bonds is 8. The van der Waals surface area contributed by atoms with Gasteiger partial charge in [0.05, 0.1) is 18.1 Å². The van der Waals surface area contributed by atoms with Crippen LogP contribution in [0.2, 0.25) is 0 Å². The lowest BCUT2D eigenvalue weighted by Gasteiger charge is -2.18. The first kappa shape index (κ1) is 17.1. The Kier molecular flexibility index (Phi) is 6.61. The number of anilines is 1. The molecule has 0 heterocycles. The number of nitro benzene ring substituents is 1. The summed E-state index contributed by atoms with van der Waals surface area (Å²) >= 11 is 3.23. The molecule has 0 aliphatic carbocycles. The average molecular weight is 367 g/mol. The van der Waals surface area contributed by atoms with E-state index in [0.717, 1.165) is 0 Å². The summed E-state index contributed by atoms with van der Waals surface area (Å²) in [6, 6.07) is 4.47. The number of halogens is 1. The van der Waals surface area contributed by atoms with Gasteiger partial charge in [-0.25, -0.2) is 0 Å². The monoisotopic (exact) mass is 366 g/mol. The molecule has 0 bridgehead atoms. The second kappa shape index (κ2) is 7.73. The minimum Gasteiger partial charge on any atom is -0.368 e. The molecule has 0 radical (unpaired) electrons. The second-order valence-electron chi connectivity index (χ2n) is 3.70. The van der Waals surface area contributed by atoms with E-state index in [4.69, 9.17) is 9.05 Å². The average Bonchev–Trinajstić information content (AvgIpc) is 2.37. The Hall–Kier alpha value is -0.950. The molecule has 7 nitrogen and oxygen atoms in total. The highest BCUT2D eigenvalue weighted by Gasteiger charge is 2.25. The van der Waals surface area contributed by atoms with E-state index in [0.29, 0.717) is 4.47 Å². The standard InChI is InChI=1S/C11H16BrN2O5P/c1-3-18-20(17,19-4-2)8-13-10-7-9(12)5-6-11(10)14(15)16/h5-7,13H,3-4,8H2,1-2H3. The fourth-order valence-electron chi connectivity index (χ4n) is 1.51. The number of nitro groups is 1. The smallest absolute Gasteiger partial charge is 0.349 e. The van der Waals surface area contributed by atoms with Crippen LogP contribution in [0.3, 0.4) is 0 Å². The third kappa shape index (κ3) is 4.86. The summed E-state index contributed by atoms with van der Waals surface area (Å²) in [5.74, 6) is 0. The number of benzene rings is 1. The molecule has 0 fully saturated rings. The molecule has 0 spiro atoms. The molecule has 0 amide bonds. The van der Waals surface area contributed by atoms with E-state index >= 15 is 0 Å². The molecule has 20 heavy (non-hydrogen) atoms. The Morgan fingerprint density at radius 3 is 2.45 bits per heavy atom. The van der Waals surface area contributed by atoms with Gasteiger partial charge in [-0.2, -0.15) is 0 Å². The highest BCUT2D eigenvalue weighted by Crippen LogP contribution is 2.48. The summed E-state index contributed by atoms with van der Waals surface area (Å²) in [6.07, 6.45) is -0.133. The zero-order chi connectivity index (χ0) is 15.2. The minimum atomic E-state index is -3.30. The van der Waals surface area contributed by atoms with Crippen molar-refractivity contribution in [1.29, 1.82) is 0 Å². The first-order valence-corrected chi connectivity index (χ1v) is 8.50. The summed E-state index contributed by atoms with van der Waals surface area (Å²) in [7, 11) is -3.30. The van der Waals surface area contributed by atoms with Crippen LogP contribution in [-0.4, -0.2) is 24.4 Å².